The summed E-state index contributed by atoms with van der Waals surface area (Å²) in [7, 11) is 3.25. The molecule has 11 heteroatoms. The molecular weight excluding hydrogens is 576 g/mol. The number of aliphatic hydroxyl groups excluding tert-OH is 1. The molecule has 1 fully saturated rings. The van der Waals surface area contributed by atoms with Crippen LogP contribution < -0.4 is 9.47 Å². The first-order valence-electron chi connectivity index (χ1n) is 14.4. The normalized spacial score (nSPS) is 18.1. The number of aliphatic hydroxyl groups is 1. The standard InChI is InChI=1S/C34H32N4O7/c1-42-28-16-10-25(11-17-28)34(24-6-4-3-5-7-24,26-12-18-29(43-2)19-13-26)44-22-32-31(39)20-33(45-32)37-21-30(35-36-37)23-8-14-27(15-9-23)38(40)41/h3-19,21,31-33,39H,20,22H2,1-2H3/t31-,32+,33+/m0/s1. The van der Waals surface area contributed by atoms with Gasteiger partial charge in [-0.2, -0.15) is 0 Å². The second kappa shape index (κ2) is 12.9. The zero-order valence-electron chi connectivity index (χ0n) is 24.7. The molecule has 11 nitrogen and oxygen atoms in total. The zero-order valence-corrected chi connectivity index (χ0v) is 24.7. The van der Waals surface area contributed by atoms with E-state index in [0.29, 0.717) is 22.8 Å². The van der Waals surface area contributed by atoms with Crippen molar-refractivity contribution in [3.8, 4) is 22.8 Å². The monoisotopic (exact) mass is 608 g/mol. The Morgan fingerprint density at radius 3 is 2.02 bits per heavy atom. The van der Waals surface area contributed by atoms with Crippen LogP contribution in [0.3, 0.4) is 0 Å². The molecule has 2 heterocycles. The van der Waals surface area contributed by atoms with Gasteiger partial charge in [-0.15, -0.1) is 5.10 Å². The van der Waals surface area contributed by atoms with Crippen LogP contribution in [0, 0.1) is 10.1 Å². The van der Waals surface area contributed by atoms with Crippen molar-refractivity contribution in [2.75, 3.05) is 20.8 Å². The summed E-state index contributed by atoms with van der Waals surface area (Å²) < 4.78 is 25.6. The van der Waals surface area contributed by atoms with Crippen LogP contribution in [0.1, 0.15) is 29.3 Å². The smallest absolute Gasteiger partial charge is 0.269 e. The summed E-state index contributed by atoms with van der Waals surface area (Å²) in [5.41, 5.74) is 2.78. The second-order valence-electron chi connectivity index (χ2n) is 10.6. The van der Waals surface area contributed by atoms with Crippen molar-refractivity contribution in [1.82, 2.24) is 15.0 Å². The number of methoxy groups -OCH3 is 2. The van der Waals surface area contributed by atoms with E-state index < -0.39 is 29.0 Å². The summed E-state index contributed by atoms with van der Waals surface area (Å²) in [6, 6.07) is 31.4. The average molecular weight is 609 g/mol. The SMILES string of the molecule is COc1ccc(C(OC[C@H]2O[C@@H](n3cc(-c4ccc([N+](=O)[O-])cc4)nn3)C[C@@H]2O)(c2ccccc2)c2ccc(OC)cc2)cc1. The Labute approximate surface area is 259 Å². The minimum Gasteiger partial charge on any atom is -0.497 e. The molecule has 1 aliphatic heterocycles. The van der Waals surface area contributed by atoms with E-state index >= 15 is 0 Å². The predicted molar refractivity (Wildman–Crippen MR) is 165 cm³/mol. The lowest BCUT2D eigenvalue weighted by molar-refractivity contribution is -0.384. The van der Waals surface area contributed by atoms with Gasteiger partial charge in [-0.1, -0.05) is 59.8 Å². The van der Waals surface area contributed by atoms with Gasteiger partial charge in [0.25, 0.3) is 5.69 Å². The van der Waals surface area contributed by atoms with Gasteiger partial charge in [-0.05, 0) is 53.1 Å². The van der Waals surface area contributed by atoms with Crippen LogP contribution in [0.15, 0.2) is 109 Å². The highest BCUT2D eigenvalue weighted by atomic mass is 16.6. The first-order valence-corrected chi connectivity index (χ1v) is 14.4. The number of nitro groups is 1. The van der Waals surface area contributed by atoms with Crippen molar-refractivity contribution in [2.24, 2.45) is 0 Å². The van der Waals surface area contributed by atoms with Crippen molar-refractivity contribution in [3.63, 3.8) is 0 Å². The van der Waals surface area contributed by atoms with Crippen molar-refractivity contribution in [3.05, 3.63) is 136 Å². The molecule has 0 amide bonds. The Morgan fingerprint density at radius 2 is 1.47 bits per heavy atom. The van der Waals surface area contributed by atoms with Gasteiger partial charge in [-0.25, -0.2) is 4.68 Å². The summed E-state index contributed by atoms with van der Waals surface area (Å²) in [5, 5.41) is 30.6. The topological polar surface area (TPSA) is 131 Å². The number of rotatable bonds is 11. The van der Waals surface area contributed by atoms with Gasteiger partial charge < -0.3 is 24.1 Å². The predicted octanol–water partition coefficient (Wildman–Crippen LogP) is 5.53. The highest BCUT2D eigenvalue weighted by Crippen LogP contribution is 2.42. The Morgan fingerprint density at radius 1 is 0.889 bits per heavy atom. The fraction of sp³-hybridized carbons (Fsp3) is 0.235. The summed E-state index contributed by atoms with van der Waals surface area (Å²) in [6.45, 7) is 0.0640. The van der Waals surface area contributed by atoms with Gasteiger partial charge in [-0.3, -0.25) is 10.1 Å². The maximum Gasteiger partial charge on any atom is 0.269 e. The van der Waals surface area contributed by atoms with E-state index in [1.54, 1.807) is 37.2 Å². The molecule has 0 bridgehead atoms. The summed E-state index contributed by atoms with van der Waals surface area (Å²) in [4.78, 5) is 10.6. The minimum atomic E-state index is -1.06. The highest BCUT2D eigenvalue weighted by molar-refractivity contribution is 5.59. The molecule has 4 aromatic carbocycles. The number of non-ortho nitro benzene ring substituents is 1. The summed E-state index contributed by atoms with van der Waals surface area (Å²) in [6.07, 6.45) is -0.101. The van der Waals surface area contributed by atoms with Crippen LogP contribution in [-0.4, -0.2) is 58.1 Å². The number of hydrogen-bond donors (Lipinski definition) is 1. The van der Waals surface area contributed by atoms with E-state index in [0.717, 1.165) is 16.7 Å². The van der Waals surface area contributed by atoms with Crippen molar-refractivity contribution < 1.29 is 29.0 Å². The number of ether oxygens (including phenoxy) is 4. The first-order chi connectivity index (χ1) is 21.9. The lowest BCUT2D eigenvalue weighted by atomic mass is 9.80. The van der Waals surface area contributed by atoms with Crippen molar-refractivity contribution in [2.45, 2.75) is 30.5 Å². The minimum absolute atomic E-state index is 0.00732. The van der Waals surface area contributed by atoms with E-state index in [-0.39, 0.29) is 18.7 Å². The molecule has 3 atom stereocenters. The lowest BCUT2D eigenvalue weighted by Gasteiger charge is -2.37. The van der Waals surface area contributed by atoms with Gasteiger partial charge in [0.05, 0.1) is 38.1 Å². The van der Waals surface area contributed by atoms with Crippen LogP contribution >= 0.6 is 0 Å². The number of hydrogen-bond acceptors (Lipinski definition) is 9. The van der Waals surface area contributed by atoms with Crippen molar-refractivity contribution in [1.29, 1.82) is 0 Å². The van der Waals surface area contributed by atoms with E-state index in [1.165, 1.54) is 12.1 Å². The molecule has 0 spiro atoms. The van der Waals surface area contributed by atoms with E-state index in [1.807, 2.05) is 78.9 Å². The Kier molecular flexibility index (Phi) is 8.56. The third kappa shape index (κ3) is 6.01. The van der Waals surface area contributed by atoms with Crippen LogP contribution in [0.25, 0.3) is 11.3 Å². The van der Waals surface area contributed by atoms with Gasteiger partial charge in [0.1, 0.15) is 28.9 Å². The average Bonchev–Trinajstić information content (AvgIpc) is 3.73. The Hall–Kier alpha value is -5.10. The summed E-state index contributed by atoms with van der Waals surface area (Å²) >= 11 is 0. The molecule has 0 radical (unpaired) electrons. The van der Waals surface area contributed by atoms with E-state index in [2.05, 4.69) is 10.3 Å². The molecule has 230 valence electrons. The van der Waals surface area contributed by atoms with E-state index in [4.69, 9.17) is 18.9 Å². The Balaban J connectivity index is 1.28. The molecule has 0 unspecified atom stereocenters. The van der Waals surface area contributed by atoms with Gasteiger partial charge in [0, 0.05) is 24.1 Å². The molecule has 0 saturated carbocycles. The van der Waals surface area contributed by atoms with Gasteiger partial charge in [0.2, 0.25) is 0 Å². The second-order valence-corrected chi connectivity index (χ2v) is 10.6. The Bertz CT molecular complexity index is 1680. The lowest BCUT2D eigenvalue weighted by Crippen LogP contribution is -2.38. The van der Waals surface area contributed by atoms with Gasteiger partial charge in [0.15, 0.2) is 6.23 Å². The fourth-order valence-electron chi connectivity index (χ4n) is 5.61. The number of nitrogens with zero attached hydrogens (tertiary/aromatic N) is 4. The summed E-state index contributed by atoms with van der Waals surface area (Å²) in [5.74, 6) is 1.43. The molecule has 6 rings (SSSR count). The number of nitro benzene ring substituents is 1. The van der Waals surface area contributed by atoms with E-state index in [9.17, 15) is 15.2 Å². The molecule has 0 aliphatic carbocycles. The largest absolute Gasteiger partial charge is 0.497 e. The highest BCUT2D eigenvalue weighted by Gasteiger charge is 2.42. The molecule has 1 aliphatic rings. The number of aromatic nitrogens is 3. The third-order valence-electron chi connectivity index (χ3n) is 8.02. The number of benzene rings is 4. The molecule has 1 N–H and O–H groups in total. The molecule has 45 heavy (non-hydrogen) atoms. The molecule has 5 aromatic rings. The fourth-order valence-corrected chi connectivity index (χ4v) is 5.61. The van der Waals surface area contributed by atoms with Crippen LogP contribution in [-0.2, 0) is 15.1 Å². The van der Waals surface area contributed by atoms with Crippen LogP contribution in [0.4, 0.5) is 5.69 Å². The molecule has 1 saturated heterocycles. The zero-order chi connectivity index (χ0) is 31.4. The van der Waals surface area contributed by atoms with Crippen molar-refractivity contribution >= 4 is 5.69 Å². The quantitative estimate of drug-likeness (QED) is 0.117. The third-order valence-corrected chi connectivity index (χ3v) is 8.02. The molecule has 1 aromatic heterocycles. The maximum atomic E-state index is 11.1. The molecular formula is C34H32N4O7. The van der Waals surface area contributed by atoms with Crippen LogP contribution in [0.2, 0.25) is 0 Å². The van der Waals surface area contributed by atoms with Crippen LogP contribution in [0.5, 0.6) is 11.5 Å². The van der Waals surface area contributed by atoms with Gasteiger partial charge >= 0.3 is 0 Å². The first kappa shape index (κ1) is 29.9. The maximum absolute atomic E-state index is 11.1.